The molecule has 1 saturated heterocycles. The smallest absolute Gasteiger partial charge is 0.227 e. The van der Waals surface area contributed by atoms with E-state index >= 15 is 0 Å². The number of aliphatic hydroxyl groups excluding tert-OH is 1. The summed E-state index contributed by atoms with van der Waals surface area (Å²) in [4.78, 5) is 13.3. The Morgan fingerprint density at radius 1 is 1.60 bits per heavy atom. The molecule has 82 valence electrons. The van der Waals surface area contributed by atoms with E-state index in [2.05, 4.69) is 5.16 Å². The van der Waals surface area contributed by atoms with Crippen LogP contribution in [0.25, 0.3) is 0 Å². The predicted octanol–water partition coefficient (Wildman–Crippen LogP) is 0.637. The van der Waals surface area contributed by atoms with Gasteiger partial charge in [-0.2, -0.15) is 0 Å². The first-order valence-corrected chi connectivity index (χ1v) is 4.97. The fourth-order valence-corrected chi connectivity index (χ4v) is 1.98. The molecule has 15 heavy (non-hydrogen) atoms. The van der Waals surface area contributed by atoms with Crippen molar-refractivity contribution in [2.45, 2.75) is 20.3 Å². The molecule has 2 rings (SSSR count). The minimum atomic E-state index is 0.0310. The number of aryl methyl sites for hydroxylation is 2. The maximum atomic E-state index is 11.7. The highest BCUT2D eigenvalue weighted by Gasteiger charge is 2.33. The second-order valence-corrected chi connectivity index (χ2v) is 3.93. The van der Waals surface area contributed by atoms with Crippen LogP contribution < -0.4 is 4.90 Å². The lowest BCUT2D eigenvalue weighted by Crippen LogP contribution is -2.25. The van der Waals surface area contributed by atoms with Crippen molar-refractivity contribution in [1.29, 1.82) is 0 Å². The minimum Gasteiger partial charge on any atom is -0.396 e. The molecule has 1 aromatic rings. The monoisotopic (exact) mass is 210 g/mol. The van der Waals surface area contributed by atoms with Crippen LogP contribution in [-0.4, -0.2) is 29.3 Å². The molecule has 1 atom stereocenters. The summed E-state index contributed by atoms with van der Waals surface area (Å²) in [5.74, 6) is 0.717. The standard InChI is InChI=1S/C10H14N2O3/c1-6-10(7(2)15-11-6)12-4-8(5-13)3-9(12)14/h8,13H,3-5H2,1-2H3. The zero-order chi connectivity index (χ0) is 11.0. The third-order valence-corrected chi connectivity index (χ3v) is 2.73. The highest BCUT2D eigenvalue weighted by Crippen LogP contribution is 2.30. The first-order chi connectivity index (χ1) is 7.13. The molecule has 1 unspecified atom stereocenters. The molecule has 0 bridgehead atoms. The lowest BCUT2D eigenvalue weighted by atomic mass is 10.1. The van der Waals surface area contributed by atoms with E-state index in [9.17, 15) is 4.79 Å². The molecular formula is C10H14N2O3. The summed E-state index contributed by atoms with van der Waals surface area (Å²) in [6.07, 6.45) is 0.403. The highest BCUT2D eigenvalue weighted by atomic mass is 16.5. The number of hydrogen-bond donors (Lipinski definition) is 1. The van der Waals surface area contributed by atoms with E-state index in [-0.39, 0.29) is 18.4 Å². The third kappa shape index (κ3) is 1.63. The maximum Gasteiger partial charge on any atom is 0.227 e. The zero-order valence-corrected chi connectivity index (χ0v) is 8.86. The summed E-state index contributed by atoms with van der Waals surface area (Å²) in [6.45, 7) is 4.20. The van der Waals surface area contributed by atoms with Gasteiger partial charge in [-0.05, 0) is 13.8 Å². The first-order valence-electron chi connectivity index (χ1n) is 4.97. The van der Waals surface area contributed by atoms with Crippen LogP contribution >= 0.6 is 0 Å². The van der Waals surface area contributed by atoms with Crippen LogP contribution in [0.4, 0.5) is 5.69 Å². The third-order valence-electron chi connectivity index (χ3n) is 2.73. The summed E-state index contributed by atoms with van der Waals surface area (Å²) in [5, 5.41) is 12.8. The van der Waals surface area contributed by atoms with Gasteiger partial charge in [-0.25, -0.2) is 0 Å². The molecule has 0 aliphatic carbocycles. The Bertz CT molecular complexity index is 367. The summed E-state index contributed by atoms with van der Waals surface area (Å²) < 4.78 is 5.02. The van der Waals surface area contributed by atoms with E-state index in [1.807, 2.05) is 6.92 Å². The van der Waals surface area contributed by atoms with Crippen LogP contribution in [0.2, 0.25) is 0 Å². The molecule has 0 aromatic carbocycles. The van der Waals surface area contributed by atoms with Crippen molar-refractivity contribution in [1.82, 2.24) is 5.16 Å². The Kier molecular flexibility index (Phi) is 2.48. The van der Waals surface area contributed by atoms with Gasteiger partial charge in [0.2, 0.25) is 5.91 Å². The van der Waals surface area contributed by atoms with Crippen LogP contribution in [0.5, 0.6) is 0 Å². The van der Waals surface area contributed by atoms with Gasteiger partial charge in [0.15, 0.2) is 5.76 Å². The fourth-order valence-electron chi connectivity index (χ4n) is 1.98. The number of aromatic nitrogens is 1. The summed E-state index contributed by atoms with van der Waals surface area (Å²) in [7, 11) is 0. The molecule has 2 heterocycles. The topological polar surface area (TPSA) is 66.6 Å². The van der Waals surface area contributed by atoms with Gasteiger partial charge in [-0.1, -0.05) is 5.16 Å². The second kappa shape index (κ2) is 3.66. The normalized spacial score (nSPS) is 21.4. The average Bonchev–Trinajstić information content (AvgIpc) is 2.71. The van der Waals surface area contributed by atoms with Gasteiger partial charge in [0, 0.05) is 25.5 Å². The number of rotatable bonds is 2. The van der Waals surface area contributed by atoms with Crippen LogP contribution in [0, 0.1) is 19.8 Å². The Morgan fingerprint density at radius 3 is 2.80 bits per heavy atom. The molecule has 1 amide bonds. The van der Waals surface area contributed by atoms with Gasteiger partial charge in [0.25, 0.3) is 0 Å². The Labute approximate surface area is 87.7 Å². The van der Waals surface area contributed by atoms with E-state index in [0.717, 1.165) is 11.4 Å². The molecular weight excluding hydrogens is 196 g/mol. The van der Waals surface area contributed by atoms with Crippen molar-refractivity contribution >= 4 is 11.6 Å². The minimum absolute atomic E-state index is 0.0310. The number of anilines is 1. The van der Waals surface area contributed by atoms with Crippen LogP contribution in [0.15, 0.2) is 4.52 Å². The van der Waals surface area contributed by atoms with Crippen LogP contribution in [-0.2, 0) is 4.79 Å². The van der Waals surface area contributed by atoms with E-state index in [0.29, 0.717) is 18.7 Å². The molecule has 1 aromatic heterocycles. The van der Waals surface area contributed by atoms with Gasteiger partial charge in [-0.3, -0.25) is 4.79 Å². The lowest BCUT2D eigenvalue weighted by Gasteiger charge is -2.15. The molecule has 5 nitrogen and oxygen atoms in total. The summed E-state index contributed by atoms with van der Waals surface area (Å²) >= 11 is 0. The first kappa shape index (κ1) is 10.2. The molecule has 1 N–H and O–H groups in total. The second-order valence-electron chi connectivity index (χ2n) is 3.93. The molecule has 1 aliphatic heterocycles. The largest absolute Gasteiger partial charge is 0.396 e. The summed E-state index contributed by atoms with van der Waals surface area (Å²) in [5.41, 5.74) is 1.48. The van der Waals surface area contributed by atoms with Crippen LogP contribution in [0.1, 0.15) is 17.9 Å². The number of carbonyl (C=O) groups is 1. The van der Waals surface area contributed by atoms with Gasteiger partial charge in [0.05, 0.1) is 0 Å². The predicted molar refractivity (Wildman–Crippen MR) is 53.5 cm³/mol. The van der Waals surface area contributed by atoms with E-state index < -0.39 is 0 Å². The highest BCUT2D eigenvalue weighted by molar-refractivity contribution is 5.96. The zero-order valence-electron chi connectivity index (χ0n) is 8.86. The Balaban J connectivity index is 2.29. The van der Waals surface area contributed by atoms with E-state index in [1.54, 1.807) is 11.8 Å². The molecule has 0 saturated carbocycles. The average molecular weight is 210 g/mol. The van der Waals surface area contributed by atoms with Gasteiger partial charge < -0.3 is 14.5 Å². The van der Waals surface area contributed by atoms with E-state index in [1.165, 1.54) is 0 Å². The van der Waals surface area contributed by atoms with Gasteiger partial charge in [-0.15, -0.1) is 0 Å². The van der Waals surface area contributed by atoms with Crippen molar-refractivity contribution in [2.75, 3.05) is 18.1 Å². The molecule has 1 aliphatic rings. The van der Waals surface area contributed by atoms with Crippen molar-refractivity contribution in [3.63, 3.8) is 0 Å². The molecule has 0 radical (unpaired) electrons. The molecule has 5 heteroatoms. The van der Waals surface area contributed by atoms with Crippen molar-refractivity contribution in [3.05, 3.63) is 11.5 Å². The molecule has 1 fully saturated rings. The van der Waals surface area contributed by atoms with Crippen LogP contribution in [0.3, 0.4) is 0 Å². The SMILES string of the molecule is Cc1noc(C)c1N1CC(CO)CC1=O. The quantitative estimate of drug-likeness (QED) is 0.777. The number of aliphatic hydroxyl groups is 1. The van der Waals surface area contributed by atoms with Gasteiger partial charge >= 0.3 is 0 Å². The van der Waals surface area contributed by atoms with Gasteiger partial charge in [0.1, 0.15) is 11.4 Å². The van der Waals surface area contributed by atoms with E-state index in [4.69, 9.17) is 9.63 Å². The number of hydrogen-bond acceptors (Lipinski definition) is 4. The molecule has 0 spiro atoms. The fraction of sp³-hybridized carbons (Fsp3) is 0.600. The van der Waals surface area contributed by atoms with Crippen molar-refractivity contribution in [2.24, 2.45) is 5.92 Å². The van der Waals surface area contributed by atoms with Crippen molar-refractivity contribution in [3.8, 4) is 0 Å². The number of nitrogens with zero attached hydrogens (tertiary/aromatic N) is 2. The lowest BCUT2D eigenvalue weighted by molar-refractivity contribution is -0.117. The number of amides is 1. The number of carbonyl (C=O) groups excluding carboxylic acids is 1. The Hall–Kier alpha value is -1.36. The van der Waals surface area contributed by atoms with Crippen molar-refractivity contribution < 1.29 is 14.4 Å². The summed E-state index contributed by atoms with van der Waals surface area (Å²) in [6, 6.07) is 0. The maximum absolute atomic E-state index is 11.7. The Morgan fingerprint density at radius 2 is 2.33 bits per heavy atom.